The predicted octanol–water partition coefficient (Wildman–Crippen LogP) is -1.33. The zero-order valence-corrected chi connectivity index (χ0v) is 43.7. The normalized spacial score (nSPS) is 54.9. The third-order valence-electron chi connectivity index (χ3n) is 19.8. The van der Waals surface area contributed by atoms with Gasteiger partial charge in [0.2, 0.25) is 0 Å². The van der Waals surface area contributed by atoms with Gasteiger partial charge in [-0.15, -0.1) is 0 Å². The standard InChI is InChI=1S/C52H86O22/c1-21(20-66-46-40(61)39(60)36(57)31(18-53)70-46)10-15-52(65-7)22(2)33-30(74-52)17-29-27-9-8-25-16-26(11-13-50(25,5)28(27)12-14-51(29,33)6)69-49-45(73-48-42(63)38(59)35(56)24(4)68-48)43(64)44(32(19-54)71-49)72-47-41(62)37(58)34(55)23(3)67-47/h8,21-24,26-49,53-64H,9-20H2,1-7H3/t21-,22-,23+,24-,26+,27+,28-,29+,30-,31-,32+,33-,34+,35-,36-,37-,38+,39-,40-,41-,42+,43+,44+,45+,46-,47+,48-,49+,50-,51-,52-/m0/s1. The molecule has 5 saturated heterocycles. The van der Waals surface area contributed by atoms with Crippen molar-refractivity contribution < 1.29 is 109 Å². The molecule has 22 heteroatoms. The lowest BCUT2D eigenvalue weighted by Gasteiger charge is -2.58. The van der Waals surface area contributed by atoms with Gasteiger partial charge in [0.1, 0.15) is 85.5 Å². The Hall–Kier alpha value is -1.14. The Labute approximate surface area is 432 Å². The van der Waals surface area contributed by atoms with Gasteiger partial charge >= 0.3 is 0 Å². The number of fused-ring (bicyclic) bond motifs is 7. The van der Waals surface area contributed by atoms with Crippen LogP contribution in [0.15, 0.2) is 11.6 Å². The maximum absolute atomic E-state index is 12.1. The zero-order chi connectivity index (χ0) is 53.5. The summed E-state index contributed by atoms with van der Waals surface area (Å²) in [6.07, 6.45) is -19.4. The highest BCUT2D eigenvalue weighted by Crippen LogP contribution is 2.70. The second-order valence-corrected chi connectivity index (χ2v) is 24.0. The average molecular weight is 1060 g/mol. The Morgan fingerprint density at radius 1 is 0.649 bits per heavy atom. The summed E-state index contributed by atoms with van der Waals surface area (Å²) >= 11 is 0. The van der Waals surface area contributed by atoms with Crippen molar-refractivity contribution in [1.29, 1.82) is 0 Å². The number of hydrogen-bond donors (Lipinski definition) is 12. The molecule has 426 valence electrons. The molecule has 5 heterocycles. The van der Waals surface area contributed by atoms with Crippen LogP contribution in [0.3, 0.4) is 0 Å². The van der Waals surface area contributed by atoms with E-state index in [1.54, 1.807) is 7.11 Å². The van der Waals surface area contributed by atoms with Gasteiger partial charge in [-0.2, -0.15) is 0 Å². The van der Waals surface area contributed by atoms with Crippen LogP contribution in [0.1, 0.15) is 99.3 Å². The molecule has 0 aromatic carbocycles. The van der Waals surface area contributed by atoms with E-state index in [1.807, 2.05) is 6.92 Å². The highest BCUT2D eigenvalue weighted by Gasteiger charge is 2.68. The molecule has 0 bridgehead atoms. The van der Waals surface area contributed by atoms with Crippen LogP contribution in [0.5, 0.6) is 0 Å². The summed E-state index contributed by atoms with van der Waals surface area (Å²) in [6.45, 7) is 11.1. The van der Waals surface area contributed by atoms with Gasteiger partial charge in [-0.3, -0.25) is 0 Å². The molecule has 4 aliphatic carbocycles. The number of ether oxygens (including phenoxy) is 10. The van der Waals surface area contributed by atoms with E-state index in [0.717, 1.165) is 32.1 Å². The lowest BCUT2D eigenvalue weighted by atomic mass is 9.47. The van der Waals surface area contributed by atoms with Crippen LogP contribution < -0.4 is 0 Å². The molecule has 8 fully saturated rings. The number of rotatable bonds is 15. The summed E-state index contributed by atoms with van der Waals surface area (Å²) in [5.41, 5.74) is 1.19. The second-order valence-electron chi connectivity index (χ2n) is 24.0. The van der Waals surface area contributed by atoms with Gasteiger partial charge in [0.05, 0.1) is 44.2 Å². The summed E-state index contributed by atoms with van der Waals surface area (Å²) in [7, 11) is 1.72. The number of aliphatic hydroxyl groups excluding tert-OH is 12. The summed E-state index contributed by atoms with van der Waals surface area (Å²) < 4.78 is 61.5. The average Bonchev–Trinajstić information content (AvgIpc) is 3.84. The smallest absolute Gasteiger partial charge is 0.187 e. The molecule has 0 radical (unpaired) electrons. The fourth-order valence-electron chi connectivity index (χ4n) is 15.3. The van der Waals surface area contributed by atoms with Crippen molar-refractivity contribution in [3.63, 3.8) is 0 Å². The molecular weight excluding hydrogens is 977 g/mol. The topological polar surface area (TPSA) is 335 Å². The number of aliphatic hydroxyl groups is 12. The first-order chi connectivity index (χ1) is 35.0. The third-order valence-corrected chi connectivity index (χ3v) is 19.8. The molecule has 5 aliphatic heterocycles. The largest absolute Gasteiger partial charge is 0.394 e. The first-order valence-corrected chi connectivity index (χ1v) is 27.2. The van der Waals surface area contributed by atoms with Gasteiger partial charge < -0.3 is 109 Å². The first kappa shape index (κ1) is 57.5. The van der Waals surface area contributed by atoms with Crippen LogP contribution in [0.4, 0.5) is 0 Å². The second kappa shape index (κ2) is 22.4. The van der Waals surface area contributed by atoms with Crippen LogP contribution in [-0.4, -0.2) is 229 Å². The molecule has 3 saturated carbocycles. The molecule has 9 rings (SSSR count). The molecule has 0 aromatic heterocycles. The minimum atomic E-state index is -1.74. The van der Waals surface area contributed by atoms with Crippen molar-refractivity contribution in [3.8, 4) is 0 Å². The van der Waals surface area contributed by atoms with Crippen LogP contribution in [-0.2, 0) is 47.4 Å². The molecule has 22 nitrogen and oxygen atoms in total. The summed E-state index contributed by atoms with van der Waals surface area (Å²) in [5.74, 6) is 0.884. The van der Waals surface area contributed by atoms with Crippen LogP contribution in [0.2, 0.25) is 0 Å². The summed E-state index contributed by atoms with van der Waals surface area (Å²) in [6, 6.07) is 0. The van der Waals surface area contributed by atoms with E-state index in [0.29, 0.717) is 43.4 Å². The van der Waals surface area contributed by atoms with Gasteiger partial charge in [-0.25, -0.2) is 0 Å². The van der Waals surface area contributed by atoms with E-state index in [9.17, 15) is 61.3 Å². The van der Waals surface area contributed by atoms with E-state index in [1.165, 1.54) is 19.4 Å². The first-order valence-electron chi connectivity index (χ1n) is 27.2. The number of methoxy groups -OCH3 is 1. The maximum Gasteiger partial charge on any atom is 0.187 e. The Bertz CT molecular complexity index is 1920. The van der Waals surface area contributed by atoms with Crippen molar-refractivity contribution in [2.45, 2.75) is 240 Å². The molecule has 0 aromatic rings. The van der Waals surface area contributed by atoms with Crippen LogP contribution in [0, 0.1) is 46.3 Å². The molecule has 0 amide bonds. The fourth-order valence-corrected chi connectivity index (χ4v) is 15.3. The monoisotopic (exact) mass is 1060 g/mol. The Balaban J connectivity index is 0.854. The van der Waals surface area contributed by atoms with E-state index in [2.05, 4.69) is 26.8 Å². The molecule has 74 heavy (non-hydrogen) atoms. The Morgan fingerprint density at radius 2 is 1.24 bits per heavy atom. The number of allylic oxidation sites excluding steroid dienone is 1. The highest BCUT2D eigenvalue weighted by molar-refractivity contribution is 5.26. The lowest BCUT2D eigenvalue weighted by Crippen LogP contribution is -2.66. The minimum Gasteiger partial charge on any atom is -0.394 e. The molecule has 9 aliphatic rings. The zero-order valence-electron chi connectivity index (χ0n) is 43.7. The minimum absolute atomic E-state index is 0.00465. The quantitative estimate of drug-likeness (QED) is 0.0846. The van der Waals surface area contributed by atoms with E-state index in [4.69, 9.17) is 47.4 Å². The fraction of sp³-hybridized carbons (Fsp3) is 0.962. The Kier molecular flexibility index (Phi) is 17.4. The lowest BCUT2D eigenvalue weighted by molar-refractivity contribution is -0.388. The van der Waals surface area contributed by atoms with Crippen molar-refractivity contribution in [2.75, 3.05) is 26.9 Å². The van der Waals surface area contributed by atoms with Crippen molar-refractivity contribution in [2.24, 2.45) is 46.3 Å². The van der Waals surface area contributed by atoms with Crippen molar-refractivity contribution in [1.82, 2.24) is 0 Å². The van der Waals surface area contributed by atoms with Gasteiger partial charge in [-0.05, 0) is 106 Å². The van der Waals surface area contributed by atoms with Gasteiger partial charge in [0, 0.05) is 19.4 Å². The molecule has 12 N–H and O–H groups in total. The van der Waals surface area contributed by atoms with Gasteiger partial charge in [0.25, 0.3) is 0 Å². The van der Waals surface area contributed by atoms with Gasteiger partial charge in [-0.1, -0.05) is 39.3 Å². The SMILES string of the molecule is CO[C@@]1(CC[C@H](C)CO[C@H]2O[C@@H](CO)[C@H](O)[C@H](O)[C@@H]2O)O[C@H]2C[C@@H]3[C@@H]4CC=C5C[C@H](O[C@@H]6O[C@H](CO)[C@@H](O[C@H]7O[C@H](C)[C@@H](O)[C@H](O)[C@@H]7O)[C@@H](O)[C@H]6O[C@@H]6O[C@@H](C)[C@H](O)[C@@H](O)[C@H]6O)CC[C@]5(C)[C@H]4CC[C@]3(C)[C@H]2[C@@H]1C. The Morgan fingerprint density at radius 3 is 1.86 bits per heavy atom. The molecule has 0 unspecified atom stereocenters. The summed E-state index contributed by atoms with van der Waals surface area (Å²) in [5, 5.41) is 127. The molecule has 0 spiro atoms. The summed E-state index contributed by atoms with van der Waals surface area (Å²) in [4.78, 5) is 0. The van der Waals surface area contributed by atoms with Gasteiger partial charge in [0.15, 0.2) is 30.9 Å². The number of hydrogen-bond acceptors (Lipinski definition) is 22. The third kappa shape index (κ3) is 10.1. The predicted molar refractivity (Wildman–Crippen MR) is 254 cm³/mol. The molecule has 31 atom stereocenters. The highest BCUT2D eigenvalue weighted by atomic mass is 16.8. The van der Waals surface area contributed by atoms with Crippen molar-refractivity contribution in [3.05, 3.63) is 11.6 Å². The van der Waals surface area contributed by atoms with Crippen molar-refractivity contribution >= 4 is 0 Å². The van der Waals surface area contributed by atoms with E-state index >= 15 is 0 Å². The van der Waals surface area contributed by atoms with Crippen LogP contribution >= 0.6 is 0 Å². The van der Waals surface area contributed by atoms with E-state index < -0.39 is 148 Å². The molecular formula is C52H86O22. The van der Waals surface area contributed by atoms with E-state index in [-0.39, 0.29) is 41.3 Å². The van der Waals surface area contributed by atoms with Crippen LogP contribution in [0.25, 0.3) is 0 Å². The maximum atomic E-state index is 12.1.